The van der Waals surface area contributed by atoms with Gasteiger partial charge in [0.1, 0.15) is 10.0 Å². The number of rotatable bonds is 2. The van der Waals surface area contributed by atoms with Crippen molar-refractivity contribution in [3.8, 4) is 19.8 Å². The van der Waals surface area contributed by atoms with Crippen LogP contribution in [0, 0.1) is 0 Å². The number of thiazole rings is 2. The van der Waals surface area contributed by atoms with Gasteiger partial charge in [0.2, 0.25) is 0 Å². The maximum atomic E-state index is 4.73. The minimum Gasteiger partial charge on any atom is -0.222 e. The summed E-state index contributed by atoms with van der Waals surface area (Å²) < 4.78 is 2.45. The van der Waals surface area contributed by atoms with Crippen LogP contribution in [0.4, 0.5) is 0 Å². The predicted molar refractivity (Wildman–Crippen MR) is 97.8 cm³/mol. The Morgan fingerprint density at radius 2 is 1.40 bits per heavy atom. The number of nitrogens with zero attached hydrogens (tertiary/aromatic N) is 2. The molecule has 98 valence electrons. The highest BCUT2D eigenvalue weighted by atomic mass is 79.9. The summed E-state index contributed by atoms with van der Waals surface area (Å²) in [6, 6.07) is 8.43. The molecule has 4 aromatic rings. The second-order valence-corrected chi connectivity index (χ2v) is 9.87. The number of aromatic nitrogens is 2. The fraction of sp³-hybridized carbons (Fsp3) is 0. The summed E-state index contributed by atoms with van der Waals surface area (Å²) >= 11 is 10.3. The number of fused-ring (bicyclic) bond motifs is 1. The molecule has 4 aromatic heterocycles. The molecular weight excluding hydrogens is 391 g/mol. The lowest BCUT2D eigenvalue weighted by Crippen LogP contribution is -1.88. The van der Waals surface area contributed by atoms with Gasteiger partial charge in [-0.15, -0.1) is 22.7 Å². The van der Waals surface area contributed by atoms with Gasteiger partial charge >= 0.3 is 0 Å². The van der Waals surface area contributed by atoms with Crippen molar-refractivity contribution in [1.29, 1.82) is 0 Å². The van der Waals surface area contributed by atoms with Crippen molar-refractivity contribution in [2.24, 2.45) is 0 Å². The molecule has 4 rings (SSSR count). The van der Waals surface area contributed by atoms with Gasteiger partial charge < -0.3 is 0 Å². The smallest absolute Gasteiger partial charge is 0.155 e. The monoisotopic (exact) mass is 396 g/mol. The third kappa shape index (κ3) is 2.29. The van der Waals surface area contributed by atoms with Gasteiger partial charge in [-0.05, 0) is 38.9 Å². The van der Waals surface area contributed by atoms with Gasteiger partial charge in [0.15, 0.2) is 17.5 Å². The highest BCUT2D eigenvalue weighted by Crippen LogP contribution is 2.39. The number of thiophene rings is 2. The third-order valence-electron chi connectivity index (χ3n) is 2.71. The summed E-state index contributed by atoms with van der Waals surface area (Å²) in [4.78, 5) is 13.9. The molecule has 0 aliphatic carbocycles. The van der Waals surface area contributed by atoms with Gasteiger partial charge in [-0.1, -0.05) is 28.7 Å². The summed E-state index contributed by atoms with van der Waals surface area (Å²) in [5.74, 6) is 0. The van der Waals surface area contributed by atoms with Crippen LogP contribution < -0.4 is 4.78 Å². The van der Waals surface area contributed by atoms with Crippen LogP contribution in [0.3, 0.4) is 0 Å². The SMILES string of the molecule is Bc1ccc(-c2nc3sc(-c4ccc(Br)s4)nc3s2)s1. The zero-order valence-electron chi connectivity index (χ0n) is 10.2. The summed E-state index contributed by atoms with van der Waals surface area (Å²) in [5, 5.41) is 2.14. The van der Waals surface area contributed by atoms with Gasteiger partial charge in [-0.2, -0.15) is 0 Å². The molecular formula is C12H6BBrN2S4. The normalized spacial score (nSPS) is 11.4. The maximum absolute atomic E-state index is 4.73. The quantitative estimate of drug-likeness (QED) is 0.474. The van der Waals surface area contributed by atoms with Crippen molar-refractivity contribution in [3.63, 3.8) is 0 Å². The Morgan fingerprint density at radius 1 is 0.800 bits per heavy atom. The molecule has 0 N–H and O–H groups in total. The van der Waals surface area contributed by atoms with Crippen LogP contribution in [0.2, 0.25) is 0 Å². The fourth-order valence-corrected chi connectivity index (χ4v) is 6.24. The molecule has 0 bridgehead atoms. The van der Waals surface area contributed by atoms with E-state index in [-0.39, 0.29) is 0 Å². The van der Waals surface area contributed by atoms with Gasteiger partial charge in [0, 0.05) is 0 Å². The fourth-order valence-electron chi connectivity index (χ4n) is 1.83. The van der Waals surface area contributed by atoms with E-state index in [2.05, 4.69) is 48.0 Å². The lowest BCUT2D eigenvalue weighted by Gasteiger charge is -1.88. The second kappa shape index (κ2) is 5.03. The predicted octanol–water partition coefficient (Wildman–Crippen LogP) is 4.23. The van der Waals surface area contributed by atoms with Crippen molar-refractivity contribution in [2.75, 3.05) is 0 Å². The molecule has 0 aromatic carbocycles. The van der Waals surface area contributed by atoms with E-state index in [0.717, 1.165) is 23.5 Å². The van der Waals surface area contributed by atoms with Crippen LogP contribution >= 0.6 is 61.3 Å². The highest BCUT2D eigenvalue weighted by Gasteiger charge is 2.14. The standard InChI is InChI=1S/C12H6BBrN2S4/c13-7-3-1-5(17-7)9-15-11-12(19-9)16-10(20-11)6-2-4-8(14)18-6/h1-4H,13H2. The summed E-state index contributed by atoms with van der Waals surface area (Å²) in [7, 11) is 2.12. The Kier molecular flexibility index (Phi) is 3.31. The van der Waals surface area contributed by atoms with Crippen molar-refractivity contribution in [2.45, 2.75) is 0 Å². The molecule has 0 aliphatic heterocycles. The Morgan fingerprint density at radius 3 is 1.90 bits per heavy atom. The van der Waals surface area contributed by atoms with Crippen LogP contribution in [-0.2, 0) is 0 Å². The molecule has 2 nitrogen and oxygen atoms in total. The van der Waals surface area contributed by atoms with E-state index in [1.807, 2.05) is 0 Å². The number of hydrogen-bond acceptors (Lipinski definition) is 6. The van der Waals surface area contributed by atoms with E-state index in [9.17, 15) is 0 Å². The first-order valence-corrected chi connectivity index (χ1v) is 9.85. The molecule has 0 saturated heterocycles. The van der Waals surface area contributed by atoms with E-state index < -0.39 is 0 Å². The Labute approximate surface area is 140 Å². The van der Waals surface area contributed by atoms with Crippen LogP contribution in [-0.4, -0.2) is 17.8 Å². The van der Waals surface area contributed by atoms with Gasteiger partial charge in [-0.3, -0.25) is 0 Å². The Bertz CT molecular complexity index is 802. The first-order valence-electron chi connectivity index (χ1n) is 5.79. The van der Waals surface area contributed by atoms with Crippen LogP contribution in [0.15, 0.2) is 28.1 Å². The zero-order chi connectivity index (χ0) is 13.7. The summed E-state index contributed by atoms with van der Waals surface area (Å²) in [5.41, 5.74) is 0. The van der Waals surface area contributed by atoms with Gasteiger partial charge in [-0.25, -0.2) is 9.97 Å². The minimum absolute atomic E-state index is 1.04. The Balaban J connectivity index is 1.77. The molecule has 0 atom stereocenters. The average molecular weight is 397 g/mol. The molecule has 0 fully saturated rings. The van der Waals surface area contributed by atoms with Crippen molar-refractivity contribution >= 4 is 83.6 Å². The first kappa shape index (κ1) is 13.2. The third-order valence-corrected chi connectivity index (χ3v) is 7.70. The lowest BCUT2D eigenvalue weighted by atomic mass is 10.1. The molecule has 0 saturated carbocycles. The van der Waals surface area contributed by atoms with E-state index in [1.165, 1.54) is 14.5 Å². The number of halogens is 1. The van der Waals surface area contributed by atoms with Crippen molar-refractivity contribution in [3.05, 3.63) is 28.1 Å². The van der Waals surface area contributed by atoms with Crippen LogP contribution in [0.1, 0.15) is 0 Å². The summed E-state index contributed by atoms with van der Waals surface area (Å²) in [6.45, 7) is 0. The van der Waals surface area contributed by atoms with Crippen LogP contribution in [0.5, 0.6) is 0 Å². The van der Waals surface area contributed by atoms with E-state index in [1.54, 1.807) is 45.3 Å². The molecule has 0 aliphatic rings. The summed E-state index contributed by atoms with van der Waals surface area (Å²) in [6.07, 6.45) is 0. The van der Waals surface area contributed by atoms with E-state index >= 15 is 0 Å². The minimum atomic E-state index is 1.04. The van der Waals surface area contributed by atoms with E-state index in [0.29, 0.717) is 0 Å². The second-order valence-electron chi connectivity index (χ2n) is 4.16. The van der Waals surface area contributed by atoms with Crippen molar-refractivity contribution in [1.82, 2.24) is 9.97 Å². The molecule has 20 heavy (non-hydrogen) atoms. The largest absolute Gasteiger partial charge is 0.222 e. The highest BCUT2D eigenvalue weighted by molar-refractivity contribution is 9.11. The van der Waals surface area contributed by atoms with Gasteiger partial charge in [0.05, 0.1) is 13.5 Å². The first-order chi connectivity index (χ1) is 9.69. The zero-order valence-corrected chi connectivity index (χ0v) is 15.1. The molecule has 8 heteroatoms. The maximum Gasteiger partial charge on any atom is 0.155 e. The molecule has 0 radical (unpaired) electrons. The van der Waals surface area contributed by atoms with Crippen molar-refractivity contribution < 1.29 is 0 Å². The Hall–Kier alpha value is -0.535. The average Bonchev–Trinajstić information content (AvgIpc) is 3.09. The topological polar surface area (TPSA) is 25.8 Å². The van der Waals surface area contributed by atoms with E-state index in [4.69, 9.17) is 9.97 Å². The molecule has 0 amide bonds. The van der Waals surface area contributed by atoms with Crippen LogP contribution in [0.25, 0.3) is 29.4 Å². The van der Waals surface area contributed by atoms with Gasteiger partial charge in [0.25, 0.3) is 0 Å². The lowest BCUT2D eigenvalue weighted by molar-refractivity contribution is 1.51. The molecule has 4 heterocycles. The number of hydrogen-bond donors (Lipinski definition) is 0. The molecule has 0 spiro atoms. The molecule has 0 unspecified atom stereocenters.